The first-order chi connectivity index (χ1) is 5.69. The average Bonchev–Trinajstić information content (AvgIpc) is 2.05. The molecule has 0 aromatic heterocycles. The van der Waals surface area contributed by atoms with Crippen LogP contribution in [0.2, 0.25) is 0 Å². The summed E-state index contributed by atoms with van der Waals surface area (Å²) in [6.07, 6.45) is 1.92. The predicted octanol–water partition coefficient (Wildman–Crippen LogP) is 1.70. The molecule has 0 fully saturated rings. The first-order valence-electron chi connectivity index (χ1n) is 3.39. The van der Waals surface area contributed by atoms with Crippen molar-refractivity contribution in [2.75, 3.05) is 19.1 Å². The summed E-state index contributed by atoms with van der Waals surface area (Å²) in [5.41, 5.74) is 6.19. The Labute approximate surface area is 75.5 Å². The molecule has 0 amide bonds. The molecule has 1 rings (SSSR count). The lowest BCUT2D eigenvalue weighted by molar-refractivity contribution is 0.372. The van der Waals surface area contributed by atoms with Crippen LogP contribution >= 0.6 is 11.8 Å². The Hall–Kier alpha value is -1.03. The maximum Gasteiger partial charge on any atom is 0.161 e. The fourth-order valence-electron chi connectivity index (χ4n) is 0.906. The third-order valence-electron chi connectivity index (χ3n) is 1.53. The molecule has 0 atom stereocenters. The molecular formula is C8H11NO2S. The van der Waals surface area contributed by atoms with E-state index in [-0.39, 0.29) is 5.75 Å². The van der Waals surface area contributed by atoms with Crippen LogP contribution in [0.5, 0.6) is 11.5 Å². The Morgan fingerprint density at radius 3 is 2.67 bits per heavy atom. The SMILES string of the molecule is COc1cc(SC)c(N)cc1O. The normalized spacial score (nSPS) is 9.83. The number of anilines is 1. The first kappa shape index (κ1) is 9.06. The van der Waals surface area contributed by atoms with Crippen LogP contribution in [0.25, 0.3) is 0 Å². The van der Waals surface area contributed by atoms with Crippen LogP contribution in [0.15, 0.2) is 17.0 Å². The third-order valence-corrected chi connectivity index (χ3v) is 2.32. The van der Waals surface area contributed by atoms with E-state index in [0.29, 0.717) is 11.4 Å². The molecule has 0 aliphatic heterocycles. The molecule has 66 valence electrons. The van der Waals surface area contributed by atoms with Crippen LogP contribution in [0.1, 0.15) is 0 Å². The minimum absolute atomic E-state index is 0.0767. The highest BCUT2D eigenvalue weighted by Crippen LogP contribution is 2.34. The summed E-state index contributed by atoms with van der Waals surface area (Å²) in [4.78, 5) is 0.907. The number of rotatable bonds is 2. The van der Waals surface area contributed by atoms with Gasteiger partial charge < -0.3 is 15.6 Å². The fourth-order valence-corrected chi connectivity index (χ4v) is 1.43. The standard InChI is InChI=1S/C8H11NO2S/c1-11-7-4-8(12-2)5(9)3-6(7)10/h3-4,10H,9H2,1-2H3. The second kappa shape index (κ2) is 3.58. The van der Waals surface area contributed by atoms with Crippen molar-refractivity contribution < 1.29 is 9.84 Å². The number of methoxy groups -OCH3 is 1. The van der Waals surface area contributed by atoms with Crippen molar-refractivity contribution in [2.45, 2.75) is 4.90 Å². The van der Waals surface area contributed by atoms with Crippen molar-refractivity contribution in [3.05, 3.63) is 12.1 Å². The van der Waals surface area contributed by atoms with E-state index < -0.39 is 0 Å². The first-order valence-corrected chi connectivity index (χ1v) is 4.62. The highest BCUT2D eigenvalue weighted by molar-refractivity contribution is 7.98. The molecule has 0 heterocycles. The van der Waals surface area contributed by atoms with Crippen molar-refractivity contribution in [1.82, 2.24) is 0 Å². The minimum Gasteiger partial charge on any atom is -0.504 e. The summed E-state index contributed by atoms with van der Waals surface area (Å²) in [5.74, 6) is 0.529. The summed E-state index contributed by atoms with van der Waals surface area (Å²) in [6.45, 7) is 0. The summed E-state index contributed by atoms with van der Waals surface area (Å²) < 4.78 is 4.92. The quantitative estimate of drug-likeness (QED) is 0.544. The molecule has 0 bridgehead atoms. The Kier molecular flexibility index (Phi) is 2.70. The molecule has 12 heavy (non-hydrogen) atoms. The zero-order valence-corrected chi connectivity index (χ0v) is 7.81. The smallest absolute Gasteiger partial charge is 0.161 e. The maximum absolute atomic E-state index is 9.30. The van der Waals surface area contributed by atoms with E-state index in [9.17, 15) is 5.11 Å². The highest BCUT2D eigenvalue weighted by atomic mass is 32.2. The van der Waals surface area contributed by atoms with Crippen molar-refractivity contribution in [3.63, 3.8) is 0 Å². The van der Waals surface area contributed by atoms with E-state index in [2.05, 4.69) is 0 Å². The van der Waals surface area contributed by atoms with E-state index in [1.165, 1.54) is 24.9 Å². The maximum atomic E-state index is 9.30. The van der Waals surface area contributed by atoms with E-state index >= 15 is 0 Å². The number of hydrogen-bond donors (Lipinski definition) is 2. The topological polar surface area (TPSA) is 55.5 Å². The van der Waals surface area contributed by atoms with Crippen LogP contribution in [0, 0.1) is 0 Å². The Bertz CT molecular complexity index is 263. The summed E-state index contributed by atoms with van der Waals surface area (Å²) in [6, 6.07) is 3.21. The Balaban J connectivity index is 3.18. The van der Waals surface area contributed by atoms with Gasteiger partial charge in [-0.25, -0.2) is 0 Å². The second-order valence-electron chi connectivity index (χ2n) is 2.27. The van der Waals surface area contributed by atoms with Gasteiger partial charge in [-0.2, -0.15) is 0 Å². The summed E-state index contributed by atoms with van der Waals surface area (Å²) >= 11 is 1.52. The molecule has 3 nitrogen and oxygen atoms in total. The molecule has 0 unspecified atom stereocenters. The van der Waals surface area contributed by atoms with Gasteiger partial charge in [0.25, 0.3) is 0 Å². The zero-order chi connectivity index (χ0) is 9.14. The van der Waals surface area contributed by atoms with Crippen LogP contribution < -0.4 is 10.5 Å². The van der Waals surface area contributed by atoms with Gasteiger partial charge in [-0.15, -0.1) is 11.8 Å². The lowest BCUT2D eigenvalue weighted by atomic mass is 10.3. The monoisotopic (exact) mass is 185 g/mol. The lowest BCUT2D eigenvalue weighted by Crippen LogP contribution is -1.90. The van der Waals surface area contributed by atoms with Gasteiger partial charge in [0.2, 0.25) is 0 Å². The number of hydrogen-bond acceptors (Lipinski definition) is 4. The van der Waals surface area contributed by atoms with Gasteiger partial charge in [-0.3, -0.25) is 0 Å². The molecule has 0 spiro atoms. The fraction of sp³-hybridized carbons (Fsp3) is 0.250. The lowest BCUT2D eigenvalue weighted by Gasteiger charge is -2.07. The van der Waals surface area contributed by atoms with Crippen molar-refractivity contribution in [2.24, 2.45) is 0 Å². The Morgan fingerprint density at radius 2 is 2.17 bits per heavy atom. The number of aromatic hydroxyl groups is 1. The molecule has 0 aliphatic carbocycles. The van der Waals surface area contributed by atoms with Crippen LogP contribution in [0.4, 0.5) is 5.69 Å². The molecule has 3 N–H and O–H groups in total. The number of ether oxygens (including phenoxy) is 1. The van der Waals surface area contributed by atoms with E-state index in [1.54, 1.807) is 6.07 Å². The molecule has 4 heteroatoms. The van der Waals surface area contributed by atoms with Crippen LogP contribution in [-0.2, 0) is 0 Å². The molecule has 0 aliphatic rings. The summed E-state index contributed by atoms with van der Waals surface area (Å²) in [7, 11) is 1.51. The van der Waals surface area contributed by atoms with Gasteiger partial charge in [0.05, 0.1) is 7.11 Å². The van der Waals surface area contributed by atoms with Crippen LogP contribution in [-0.4, -0.2) is 18.5 Å². The number of benzene rings is 1. The van der Waals surface area contributed by atoms with Crippen molar-refractivity contribution >= 4 is 17.4 Å². The van der Waals surface area contributed by atoms with Gasteiger partial charge >= 0.3 is 0 Å². The van der Waals surface area contributed by atoms with Gasteiger partial charge in [-0.05, 0) is 12.3 Å². The van der Waals surface area contributed by atoms with Crippen LogP contribution in [0.3, 0.4) is 0 Å². The van der Waals surface area contributed by atoms with Gasteiger partial charge in [-0.1, -0.05) is 0 Å². The van der Waals surface area contributed by atoms with Crippen molar-refractivity contribution in [1.29, 1.82) is 0 Å². The number of nitrogens with two attached hydrogens (primary N) is 1. The number of phenolic OH excluding ortho intramolecular Hbond substituents is 1. The number of thioether (sulfide) groups is 1. The predicted molar refractivity (Wildman–Crippen MR) is 50.9 cm³/mol. The summed E-state index contributed by atoms with van der Waals surface area (Å²) in [5, 5.41) is 9.30. The second-order valence-corrected chi connectivity index (χ2v) is 3.11. The third kappa shape index (κ3) is 1.58. The number of phenols is 1. The molecule has 1 aromatic carbocycles. The largest absolute Gasteiger partial charge is 0.504 e. The van der Waals surface area contributed by atoms with Gasteiger partial charge in [0, 0.05) is 16.6 Å². The highest BCUT2D eigenvalue weighted by Gasteiger charge is 2.05. The molecule has 1 aromatic rings. The minimum atomic E-state index is 0.0767. The van der Waals surface area contributed by atoms with E-state index in [0.717, 1.165) is 4.90 Å². The molecule has 0 saturated carbocycles. The molecule has 0 saturated heterocycles. The van der Waals surface area contributed by atoms with E-state index in [4.69, 9.17) is 10.5 Å². The van der Waals surface area contributed by atoms with Gasteiger partial charge in [0.15, 0.2) is 11.5 Å². The Morgan fingerprint density at radius 1 is 1.50 bits per heavy atom. The average molecular weight is 185 g/mol. The number of nitrogen functional groups attached to an aromatic ring is 1. The molecule has 0 radical (unpaired) electrons. The van der Waals surface area contributed by atoms with Gasteiger partial charge in [0.1, 0.15) is 0 Å². The van der Waals surface area contributed by atoms with E-state index in [1.807, 2.05) is 6.26 Å². The zero-order valence-electron chi connectivity index (χ0n) is 7.00. The van der Waals surface area contributed by atoms with Crippen molar-refractivity contribution in [3.8, 4) is 11.5 Å². The molecular weight excluding hydrogens is 174 g/mol.